The number of anilines is 1. The number of carbonyl (C=O) groups is 1. The first kappa shape index (κ1) is 20.3. The molecule has 0 fully saturated rings. The van der Waals surface area contributed by atoms with Crippen LogP contribution in [-0.2, 0) is 21.2 Å². The van der Waals surface area contributed by atoms with Crippen molar-refractivity contribution < 1.29 is 13.2 Å². The highest BCUT2D eigenvalue weighted by Gasteiger charge is 2.25. The van der Waals surface area contributed by atoms with Crippen LogP contribution in [-0.4, -0.2) is 14.3 Å². The summed E-state index contributed by atoms with van der Waals surface area (Å²) >= 11 is 0. The maximum atomic E-state index is 13.3. The van der Waals surface area contributed by atoms with Gasteiger partial charge in [0.2, 0.25) is 15.9 Å². The molecule has 1 atom stereocenters. The summed E-state index contributed by atoms with van der Waals surface area (Å²) in [6, 6.07) is 19.9. The van der Waals surface area contributed by atoms with E-state index in [0.717, 1.165) is 27.8 Å². The third kappa shape index (κ3) is 4.15. The van der Waals surface area contributed by atoms with Gasteiger partial charge in [0.15, 0.2) is 0 Å². The van der Waals surface area contributed by atoms with Crippen LogP contribution in [0.5, 0.6) is 0 Å². The summed E-state index contributed by atoms with van der Waals surface area (Å²) in [5.74, 6) is -0.0462. The highest BCUT2D eigenvalue weighted by Crippen LogP contribution is 2.29. The molecule has 0 aliphatic carbocycles. The normalized spacial score (nSPS) is 14.7. The number of carbonyl (C=O) groups excluding carboxylic acids is 1. The first-order chi connectivity index (χ1) is 14.3. The monoisotopic (exact) mass is 420 g/mol. The van der Waals surface area contributed by atoms with Gasteiger partial charge in [-0.1, -0.05) is 48.5 Å². The Morgan fingerprint density at radius 2 is 1.63 bits per heavy atom. The van der Waals surface area contributed by atoms with Crippen LogP contribution in [0.3, 0.4) is 0 Å². The molecule has 0 unspecified atom stereocenters. The van der Waals surface area contributed by atoms with Crippen molar-refractivity contribution in [1.82, 2.24) is 4.72 Å². The Hall–Kier alpha value is -2.96. The SMILES string of the molecule is Cc1ccc([C@H](NS(=O)(=O)c2ccc3c(c2)CCC(=O)N3)c2ccccc2)cc1C. The Bertz CT molecular complexity index is 1200. The highest BCUT2D eigenvalue weighted by molar-refractivity contribution is 7.89. The lowest BCUT2D eigenvalue weighted by molar-refractivity contribution is -0.116. The molecule has 6 heteroatoms. The van der Waals surface area contributed by atoms with Gasteiger partial charge in [-0.2, -0.15) is 4.72 Å². The summed E-state index contributed by atoms with van der Waals surface area (Å²) < 4.78 is 29.5. The summed E-state index contributed by atoms with van der Waals surface area (Å²) in [5.41, 5.74) is 5.54. The minimum Gasteiger partial charge on any atom is -0.326 e. The van der Waals surface area contributed by atoms with Gasteiger partial charge in [-0.3, -0.25) is 4.79 Å². The fourth-order valence-electron chi connectivity index (χ4n) is 3.67. The van der Waals surface area contributed by atoms with Gasteiger partial charge in [-0.15, -0.1) is 0 Å². The summed E-state index contributed by atoms with van der Waals surface area (Å²) in [7, 11) is -3.79. The van der Waals surface area contributed by atoms with Gasteiger partial charge in [0.1, 0.15) is 0 Å². The average Bonchev–Trinajstić information content (AvgIpc) is 2.74. The summed E-state index contributed by atoms with van der Waals surface area (Å²) in [4.78, 5) is 11.8. The van der Waals surface area contributed by atoms with Crippen LogP contribution < -0.4 is 10.0 Å². The molecule has 154 valence electrons. The van der Waals surface area contributed by atoms with Crippen LogP contribution >= 0.6 is 0 Å². The zero-order valence-electron chi connectivity index (χ0n) is 17.0. The van der Waals surface area contributed by atoms with E-state index in [4.69, 9.17) is 0 Å². The minimum absolute atomic E-state index is 0.0462. The Labute approximate surface area is 177 Å². The second-order valence-electron chi connectivity index (χ2n) is 7.68. The lowest BCUT2D eigenvalue weighted by Crippen LogP contribution is -2.30. The molecule has 1 aliphatic rings. The van der Waals surface area contributed by atoms with E-state index in [9.17, 15) is 13.2 Å². The van der Waals surface area contributed by atoms with Gasteiger partial charge in [-0.25, -0.2) is 8.42 Å². The molecule has 1 amide bonds. The molecule has 1 aliphatic heterocycles. The average molecular weight is 421 g/mol. The topological polar surface area (TPSA) is 75.3 Å². The first-order valence-corrected chi connectivity index (χ1v) is 11.4. The zero-order chi connectivity index (χ0) is 21.3. The van der Waals surface area contributed by atoms with E-state index in [2.05, 4.69) is 10.0 Å². The first-order valence-electron chi connectivity index (χ1n) is 9.91. The van der Waals surface area contributed by atoms with E-state index in [1.807, 2.05) is 62.4 Å². The van der Waals surface area contributed by atoms with Gasteiger partial charge in [-0.05, 0) is 66.3 Å². The fourth-order valence-corrected chi connectivity index (χ4v) is 4.93. The molecular formula is C24H24N2O3S. The molecule has 0 radical (unpaired) electrons. The number of hydrogen-bond acceptors (Lipinski definition) is 3. The smallest absolute Gasteiger partial charge is 0.241 e. The predicted molar refractivity (Wildman–Crippen MR) is 118 cm³/mol. The molecule has 0 saturated heterocycles. The van der Waals surface area contributed by atoms with Crippen LogP contribution in [0.25, 0.3) is 0 Å². The quantitative estimate of drug-likeness (QED) is 0.648. The van der Waals surface area contributed by atoms with E-state index >= 15 is 0 Å². The van der Waals surface area contributed by atoms with E-state index in [1.165, 1.54) is 6.07 Å². The number of fused-ring (bicyclic) bond motifs is 1. The molecule has 4 rings (SSSR count). The third-order valence-electron chi connectivity index (χ3n) is 5.55. The molecule has 0 saturated carbocycles. The van der Waals surface area contributed by atoms with Crippen LogP contribution in [0.1, 0.15) is 40.3 Å². The molecule has 0 aromatic heterocycles. The van der Waals surface area contributed by atoms with Gasteiger partial charge in [0.25, 0.3) is 0 Å². The Kier molecular flexibility index (Phi) is 5.45. The van der Waals surface area contributed by atoms with Crippen molar-refractivity contribution in [3.63, 3.8) is 0 Å². The zero-order valence-corrected chi connectivity index (χ0v) is 17.8. The highest BCUT2D eigenvalue weighted by atomic mass is 32.2. The predicted octanol–water partition coefficient (Wildman–Crippen LogP) is 4.26. The molecule has 3 aromatic rings. The van der Waals surface area contributed by atoms with Crippen molar-refractivity contribution in [3.8, 4) is 0 Å². The molecule has 1 heterocycles. The number of aryl methyl sites for hydroxylation is 3. The lowest BCUT2D eigenvalue weighted by atomic mass is 9.96. The van der Waals surface area contributed by atoms with E-state index in [0.29, 0.717) is 18.5 Å². The van der Waals surface area contributed by atoms with E-state index in [1.54, 1.807) is 12.1 Å². The standard InChI is InChI=1S/C24H24N2O3S/c1-16-8-9-20(14-17(16)2)24(18-6-4-3-5-7-18)26-30(28,29)21-11-12-22-19(15-21)10-13-23(27)25-22/h3-9,11-12,14-15,24,26H,10,13H2,1-2H3,(H,25,27)/t24-/m1/s1. The Morgan fingerprint density at radius 3 is 2.37 bits per heavy atom. The number of benzene rings is 3. The molecular weight excluding hydrogens is 396 g/mol. The lowest BCUT2D eigenvalue weighted by Gasteiger charge is -2.22. The minimum atomic E-state index is -3.79. The van der Waals surface area contributed by atoms with Gasteiger partial charge >= 0.3 is 0 Å². The summed E-state index contributed by atoms with van der Waals surface area (Å²) in [5, 5.41) is 2.79. The number of nitrogens with one attached hydrogen (secondary N) is 2. The van der Waals surface area contributed by atoms with E-state index < -0.39 is 16.1 Å². The van der Waals surface area contributed by atoms with Gasteiger partial charge in [0.05, 0.1) is 10.9 Å². The van der Waals surface area contributed by atoms with Crippen molar-refractivity contribution in [3.05, 3.63) is 94.5 Å². The maximum absolute atomic E-state index is 13.3. The number of amides is 1. The number of hydrogen-bond donors (Lipinski definition) is 2. The summed E-state index contributed by atoms with van der Waals surface area (Å²) in [6.45, 7) is 4.06. The Balaban J connectivity index is 1.72. The van der Waals surface area contributed by atoms with Crippen molar-refractivity contribution in [2.75, 3.05) is 5.32 Å². The van der Waals surface area contributed by atoms with Crippen molar-refractivity contribution in [2.24, 2.45) is 0 Å². The van der Waals surface area contributed by atoms with E-state index in [-0.39, 0.29) is 10.8 Å². The largest absolute Gasteiger partial charge is 0.326 e. The maximum Gasteiger partial charge on any atom is 0.241 e. The second-order valence-corrected chi connectivity index (χ2v) is 9.39. The molecule has 2 N–H and O–H groups in total. The van der Waals surface area contributed by atoms with Crippen LogP contribution in [0.4, 0.5) is 5.69 Å². The molecule has 0 bridgehead atoms. The summed E-state index contributed by atoms with van der Waals surface area (Å²) in [6.07, 6.45) is 0.892. The number of sulfonamides is 1. The number of rotatable bonds is 5. The van der Waals surface area contributed by atoms with Crippen molar-refractivity contribution >= 4 is 21.6 Å². The van der Waals surface area contributed by atoms with Crippen molar-refractivity contribution in [1.29, 1.82) is 0 Å². The van der Waals surface area contributed by atoms with Crippen LogP contribution in [0.15, 0.2) is 71.6 Å². The van der Waals surface area contributed by atoms with Crippen molar-refractivity contribution in [2.45, 2.75) is 37.6 Å². The molecule has 0 spiro atoms. The van der Waals surface area contributed by atoms with Gasteiger partial charge in [0, 0.05) is 12.1 Å². The second kappa shape index (κ2) is 8.05. The van der Waals surface area contributed by atoms with Crippen LogP contribution in [0.2, 0.25) is 0 Å². The molecule has 30 heavy (non-hydrogen) atoms. The molecule has 3 aromatic carbocycles. The van der Waals surface area contributed by atoms with Crippen LogP contribution in [0, 0.1) is 13.8 Å². The third-order valence-corrected chi connectivity index (χ3v) is 6.97. The molecule has 5 nitrogen and oxygen atoms in total. The fraction of sp³-hybridized carbons (Fsp3) is 0.208. The Morgan fingerprint density at radius 1 is 0.867 bits per heavy atom. The van der Waals surface area contributed by atoms with Gasteiger partial charge < -0.3 is 5.32 Å².